The largest absolute Gasteiger partial charge is 0.345 e. The molecule has 3 nitrogen and oxygen atoms in total. The monoisotopic (exact) mass is 195 g/mol. The molecule has 0 radical (unpaired) electrons. The van der Waals surface area contributed by atoms with Gasteiger partial charge < -0.3 is 10.7 Å². The van der Waals surface area contributed by atoms with E-state index in [1.165, 1.54) is 5.69 Å². The zero-order chi connectivity index (χ0) is 10.6. The van der Waals surface area contributed by atoms with Crippen molar-refractivity contribution in [3.63, 3.8) is 0 Å². The predicted molar refractivity (Wildman–Crippen MR) is 59.0 cm³/mol. The Bertz CT molecular complexity index is 267. The van der Waals surface area contributed by atoms with Crippen molar-refractivity contribution in [2.24, 2.45) is 11.7 Å². The van der Waals surface area contributed by atoms with Gasteiger partial charge in [0.1, 0.15) is 5.82 Å². The summed E-state index contributed by atoms with van der Waals surface area (Å²) < 4.78 is 0. The first kappa shape index (κ1) is 11.2. The molecule has 0 spiro atoms. The number of hydrogen-bond acceptors (Lipinski definition) is 2. The minimum absolute atomic E-state index is 0.0469. The average Bonchev–Trinajstić information content (AvgIpc) is 2.64. The standard InChI is InChI=1S/C11H21N3/c1-4-6-9-7-13-11(14-9)10(12)8(3)5-2/h7-8,10H,4-6,12H2,1-3H3,(H,13,14). The molecule has 0 saturated carbocycles. The van der Waals surface area contributed by atoms with Crippen LogP contribution in [-0.2, 0) is 6.42 Å². The molecular weight excluding hydrogens is 174 g/mol. The molecule has 2 atom stereocenters. The normalized spacial score (nSPS) is 15.4. The molecule has 1 heterocycles. The first-order valence-corrected chi connectivity index (χ1v) is 5.48. The predicted octanol–water partition coefficient (Wildman–Crippen LogP) is 2.41. The molecule has 80 valence electrons. The summed E-state index contributed by atoms with van der Waals surface area (Å²) in [6.07, 6.45) is 5.19. The fourth-order valence-corrected chi connectivity index (χ4v) is 1.47. The van der Waals surface area contributed by atoms with Gasteiger partial charge in [-0.25, -0.2) is 4.98 Å². The minimum atomic E-state index is 0.0469. The summed E-state index contributed by atoms with van der Waals surface area (Å²) in [7, 11) is 0. The highest BCUT2D eigenvalue weighted by Crippen LogP contribution is 2.19. The van der Waals surface area contributed by atoms with Gasteiger partial charge in [-0.1, -0.05) is 33.6 Å². The van der Waals surface area contributed by atoms with Crippen molar-refractivity contribution in [1.82, 2.24) is 9.97 Å². The van der Waals surface area contributed by atoms with Crippen LogP contribution in [0.2, 0.25) is 0 Å². The fourth-order valence-electron chi connectivity index (χ4n) is 1.47. The van der Waals surface area contributed by atoms with Crippen LogP contribution in [0.4, 0.5) is 0 Å². The number of imidazole rings is 1. The Morgan fingerprint density at radius 3 is 2.79 bits per heavy atom. The Labute approximate surface area is 86.1 Å². The molecule has 0 aromatic carbocycles. The van der Waals surface area contributed by atoms with Gasteiger partial charge in [0.25, 0.3) is 0 Å². The van der Waals surface area contributed by atoms with Crippen molar-refractivity contribution in [1.29, 1.82) is 0 Å². The van der Waals surface area contributed by atoms with Gasteiger partial charge >= 0.3 is 0 Å². The Kier molecular flexibility index (Phi) is 4.14. The summed E-state index contributed by atoms with van der Waals surface area (Å²) in [4.78, 5) is 7.62. The van der Waals surface area contributed by atoms with E-state index >= 15 is 0 Å². The van der Waals surface area contributed by atoms with Crippen LogP contribution in [0, 0.1) is 5.92 Å². The van der Waals surface area contributed by atoms with Gasteiger partial charge in [0.2, 0.25) is 0 Å². The summed E-state index contributed by atoms with van der Waals surface area (Å²) in [5.74, 6) is 1.42. The van der Waals surface area contributed by atoms with E-state index in [1.54, 1.807) is 0 Å². The van der Waals surface area contributed by atoms with E-state index in [4.69, 9.17) is 5.73 Å². The zero-order valence-electron chi connectivity index (χ0n) is 9.38. The number of H-pyrrole nitrogens is 1. The molecule has 1 rings (SSSR count). The lowest BCUT2D eigenvalue weighted by Crippen LogP contribution is -2.19. The van der Waals surface area contributed by atoms with Crippen LogP contribution in [0.1, 0.15) is 51.2 Å². The molecule has 3 N–H and O–H groups in total. The van der Waals surface area contributed by atoms with E-state index in [2.05, 4.69) is 30.7 Å². The molecule has 0 fully saturated rings. The highest BCUT2D eigenvalue weighted by Gasteiger charge is 2.15. The van der Waals surface area contributed by atoms with Gasteiger partial charge in [0, 0.05) is 11.9 Å². The topological polar surface area (TPSA) is 54.7 Å². The molecule has 3 heteroatoms. The summed E-state index contributed by atoms with van der Waals surface area (Å²) in [5.41, 5.74) is 7.26. The highest BCUT2D eigenvalue weighted by atomic mass is 15.0. The number of aromatic nitrogens is 2. The maximum atomic E-state index is 6.06. The number of nitrogens with one attached hydrogen (secondary N) is 1. The van der Waals surface area contributed by atoms with Crippen LogP contribution in [0.3, 0.4) is 0 Å². The number of hydrogen-bond donors (Lipinski definition) is 2. The Morgan fingerprint density at radius 1 is 1.50 bits per heavy atom. The van der Waals surface area contributed by atoms with E-state index in [1.807, 2.05) is 6.20 Å². The Hall–Kier alpha value is -0.830. The second-order valence-electron chi connectivity index (χ2n) is 3.95. The summed E-state index contributed by atoms with van der Waals surface area (Å²) in [6, 6.07) is 0.0469. The van der Waals surface area contributed by atoms with E-state index in [0.29, 0.717) is 5.92 Å². The summed E-state index contributed by atoms with van der Waals surface area (Å²) in [5, 5.41) is 0. The van der Waals surface area contributed by atoms with Crippen LogP contribution in [0.15, 0.2) is 6.20 Å². The van der Waals surface area contributed by atoms with Crippen LogP contribution in [0.25, 0.3) is 0 Å². The smallest absolute Gasteiger partial charge is 0.123 e. The fraction of sp³-hybridized carbons (Fsp3) is 0.727. The maximum absolute atomic E-state index is 6.06. The first-order chi connectivity index (χ1) is 6.69. The molecule has 2 unspecified atom stereocenters. The highest BCUT2D eigenvalue weighted by molar-refractivity contribution is 5.05. The zero-order valence-corrected chi connectivity index (χ0v) is 9.38. The van der Waals surface area contributed by atoms with Crippen LogP contribution < -0.4 is 5.73 Å². The second kappa shape index (κ2) is 5.15. The van der Waals surface area contributed by atoms with Crippen molar-refractivity contribution in [3.8, 4) is 0 Å². The van der Waals surface area contributed by atoms with Crippen molar-refractivity contribution in [2.75, 3.05) is 0 Å². The summed E-state index contributed by atoms with van der Waals surface area (Å²) in [6.45, 7) is 6.47. The Balaban J connectivity index is 2.65. The third-order valence-corrected chi connectivity index (χ3v) is 2.74. The molecule has 0 aliphatic heterocycles. The second-order valence-corrected chi connectivity index (χ2v) is 3.95. The number of aryl methyl sites for hydroxylation is 1. The summed E-state index contributed by atoms with van der Waals surface area (Å²) >= 11 is 0. The maximum Gasteiger partial charge on any atom is 0.123 e. The van der Waals surface area contributed by atoms with E-state index < -0.39 is 0 Å². The Morgan fingerprint density at radius 2 is 2.21 bits per heavy atom. The molecule has 0 aliphatic carbocycles. The van der Waals surface area contributed by atoms with Gasteiger partial charge in [-0.15, -0.1) is 0 Å². The van der Waals surface area contributed by atoms with E-state index in [0.717, 1.165) is 25.1 Å². The van der Waals surface area contributed by atoms with Crippen molar-refractivity contribution < 1.29 is 0 Å². The lowest BCUT2D eigenvalue weighted by Gasteiger charge is -2.15. The van der Waals surface area contributed by atoms with Gasteiger partial charge in [0.15, 0.2) is 0 Å². The average molecular weight is 195 g/mol. The molecule has 14 heavy (non-hydrogen) atoms. The molecular formula is C11H21N3. The lowest BCUT2D eigenvalue weighted by molar-refractivity contribution is 0.441. The number of nitrogens with zero attached hydrogens (tertiary/aromatic N) is 1. The van der Waals surface area contributed by atoms with Crippen LogP contribution in [0.5, 0.6) is 0 Å². The van der Waals surface area contributed by atoms with Gasteiger partial charge in [-0.05, 0) is 12.3 Å². The van der Waals surface area contributed by atoms with Crippen molar-refractivity contribution >= 4 is 0 Å². The third kappa shape index (κ3) is 2.58. The third-order valence-electron chi connectivity index (χ3n) is 2.74. The van der Waals surface area contributed by atoms with Crippen LogP contribution in [-0.4, -0.2) is 9.97 Å². The van der Waals surface area contributed by atoms with Gasteiger partial charge in [-0.3, -0.25) is 0 Å². The molecule has 0 saturated heterocycles. The van der Waals surface area contributed by atoms with E-state index in [-0.39, 0.29) is 6.04 Å². The number of aromatic amines is 1. The quantitative estimate of drug-likeness (QED) is 0.758. The van der Waals surface area contributed by atoms with Gasteiger partial charge in [-0.2, -0.15) is 0 Å². The first-order valence-electron chi connectivity index (χ1n) is 5.48. The van der Waals surface area contributed by atoms with E-state index in [9.17, 15) is 0 Å². The van der Waals surface area contributed by atoms with Crippen LogP contribution >= 0.6 is 0 Å². The minimum Gasteiger partial charge on any atom is -0.345 e. The molecule has 0 bridgehead atoms. The molecule has 1 aromatic rings. The molecule has 0 amide bonds. The van der Waals surface area contributed by atoms with Gasteiger partial charge in [0.05, 0.1) is 6.04 Å². The lowest BCUT2D eigenvalue weighted by atomic mass is 10.00. The molecule has 1 aromatic heterocycles. The van der Waals surface area contributed by atoms with Crippen molar-refractivity contribution in [3.05, 3.63) is 17.7 Å². The number of nitrogens with two attached hydrogens (primary N) is 1. The number of rotatable bonds is 5. The van der Waals surface area contributed by atoms with Crippen molar-refractivity contribution in [2.45, 2.75) is 46.1 Å². The SMILES string of the molecule is CCCc1cnc(C(N)C(C)CC)[nH]1. The molecule has 0 aliphatic rings.